The van der Waals surface area contributed by atoms with Gasteiger partial charge < -0.3 is 14.8 Å². The van der Waals surface area contributed by atoms with Crippen molar-refractivity contribution in [1.82, 2.24) is 20.3 Å². The van der Waals surface area contributed by atoms with Gasteiger partial charge in [0.15, 0.2) is 0 Å². The summed E-state index contributed by atoms with van der Waals surface area (Å²) in [5.41, 5.74) is 0.0930. The van der Waals surface area contributed by atoms with E-state index < -0.39 is 40.0 Å². The van der Waals surface area contributed by atoms with Gasteiger partial charge in [0, 0.05) is 17.1 Å². The first-order chi connectivity index (χ1) is 19.1. The summed E-state index contributed by atoms with van der Waals surface area (Å²) in [6, 6.07) is 10.5. The highest BCUT2D eigenvalue weighted by atomic mass is 32.2. The number of aromatic nitrogens is 3. The number of hydrogen-bond acceptors (Lipinski definition) is 8. The van der Waals surface area contributed by atoms with E-state index >= 15 is 0 Å². The number of amides is 1. The Morgan fingerprint density at radius 1 is 1.18 bits per heavy atom. The number of pyridine rings is 3. The topological polar surface area (TPSA) is 120 Å². The molecular weight excluding hydrogens is 549 g/mol. The molecule has 1 N–H and O–H groups in total. The van der Waals surface area contributed by atoms with E-state index in [1.54, 1.807) is 31.3 Å². The smallest absolute Gasteiger partial charge is 0.280 e. The van der Waals surface area contributed by atoms with Crippen LogP contribution in [0.25, 0.3) is 22.2 Å². The summed E-state index contributed by atoms with van der Waals surface area (Å²) in [7, 11) is -2.98. The van der Waals surface area contributed by atoms with Crippen LogP contribution >= 0.6 is 0 Å². The summed E-state index contributed by atoms with van der Waals surface area (Å²) in [5, 5.41) is 3.40. The Kier molecular flexibility index (Phi) is 7.43. The molecule has 1 aliphatic heterocycles. The fraction of sp³-hybridized carbons (Fsp3) is 0.259. The second-order valence-electron chi connectivity index (χ2n) is 9.08. The number of nitrogens with one attached hydrogen (secondary N) is 1. The van der Waals surface area contributed by atoms with Gasteiger partial charge in [0.1, 0.15) is 5.69 Å². The summed E-state index contributed by atoms with van der Waals surface area (Å²) in [5.74, 6) is -0.560. The second-order valence-corrected chi connectivity index (χ2v) is 11.1. The Morgan fingerprint density at radius 2 is 1.98 bits per heavy atom. The number of aryl methyl sites for hydroxylation is 1. The molecule has 1 atom stereocenters. The van der Waals surface area contributed by atoms with Crippen LogP contribution in [0.3, 0.4) is 0 Å². The molecule has 0 fully saturated rings. The molecule has 9 nitrogen and oxygen atoms in total. The first kappa shape index (κ1) is 27.5. The molecule has 1 aliphatic rings. The number of hydrogen-bond donors (Lipinski definition) is 1. The monoisotopic (exact) mass is 572 g/mol. The minimum absolute atomic E-state index is 0.00757. The van der Waals surface area contributed by atoms with Crippen molar-refractivity contribution >= 4 is 26.6 Å². The highest BCUT2D eigenvalue weighted by Gasteiger charge is 2.34. The number of methoxy groups -OCH3 is 1. The SMILES string of the molecule is COc1nc(C(F)F)ccc1-c1ccc2cnc(CNC(=O)c3cc(C)c4c(c3)S(=O)(=O)[C@@H](F)COC4)cc2n1. The van der Waals surface area contributed by atoms with Crippen molar-refractivity contribution in [2.24, 2.45) is 0 Å². The van der Waals surface area contributed by atoms with Crippen molar-refractivity contribution in [3.05, 3.63) is 76.7 Å². The molecule has 0 spiro atoms. The van der Waals surface area contributed by atoms with Gasteiger partial charge in [0.25, 0.3) is 12.3 Å². The van der Waals surface area contributed by atoms with Gasteiger partial charge in [-0.1, -0.05) is 0 Å². The molecule has 0 saturated carbocycles. The van der Waals surface area contributed by atoms with Gasteiger partial charge in [0.05, 0.1) is 54.2 Å². The number of carbonyl (C=O) groups is 1. The van der Waals surface area contributed by atoms with E-state index in [9.17, 15) is 26.4 Å². The van der Waals surface area contributed by atoms with Crippen molar-refractivity contribution in [2.75, 3.05) is 13.7 Å². The molecule has 0 bridgehead atoms. The molecule has 4 heterocycles. The van der Waals surface area contributed by atoms with Crippen LogP contribution in [-0.4, -0.2) is 48.5 Å². The molecule has 1 amide bonds. The number of sulfone groups is 1. The van der Waals surface area contributed by atoms with Gasteiger partial charge in [-0.25, -0.2) is 31.6 Å². The lowest BCUT2D eigenvalue weighted by atomic mass is 10.0. The third-order valence-corrected chi connectivity index (χ3v) is 8.25. The van der Waals surface area contributed by atoms with Crippen molar-refractivity contribution in [2.45, 2.75) is 36.9 Å². The normalized spacial score (nSPS) is 16.4. The van der Waals surface area contributed by atoms with Crippen LogP contribution in [0.1, 0.15) is 39.3 Å². The van der Waals surface area contributed by atoms with Gasteiger partial charge in [-0.3, -0.25) is 9.78 Å². The van der Waals surface area contributed by atoms with Crippen molar-refractivity contribution in [3.8, 4) is 17.1 Å². The van der Waals surface area contributed by atoms with Crippen LogP contribution in [0.15, 0.2) is 53.6 Å². The first-order valence-corrected chi connectivity index (χ1v) is 13.6. The van der Waals surface area contributed by atoms with Crippen LogP contribution in [0.2, 0.25) is 0 Å². The average Bonchev–Trinajstić information content (AvgIpc) is 3.06. The van der Waals surface area contributed by atoms with Crippen molar-refractivity contribution in [3.63, 3.8) is 0 Å². The van der Waals surface area contributed by atoms with Crippen molar-refractivity contribution < 1.29 is 35.9 Å². The Bertz CT molecular complexity index is 1730. The summed E-state index contributed by atoms with van der Waals surface area (Å²) in [6.45, 7) is 0.974. The molecule has 1 aromatic carbocycles. The van der Waals surface area contributed by atoms with E-state index in [-0.39, 0.29) is 29.5 Å². The molecular formula is C27H23F3N4O5S. The van der Waals surface area contributed by atoms with Crippen LogP contribution < -0.4 is 10.1 Å². The molecule has 5 rings (SSSR count). The van der Waals surface area contributed by atoms with E-state index in [0.717, 1.165) is 6.07 Å². The lowest BCUT2D eigenvalue weighted by molar-refractivity contribution is 0.0946. The zero-order chi connectivity index (χ0) is 28.6. The Balaban J connectivity index is 1.39. The lowest BCUT2D eigenvalue weighted by Crippen LogP contribution is -2.25. The summed E-state index contributed by atoms with van der Waals surface area (Å²) < 4.78 is 75.9. The van der Waals surface area contributed by atoms with E-state index in [4.69, 9.17) is 9.47 Å². The number of ether oxygens (including phenoxy) is 2. The second kappa shape index (κ2) is 10.8. The third-order valence-electron chi connectivity index (χ3n) is 6.47. The molecule has 208 valence electrons. The lowest BCUT2D eigenvalue weighted by Gasteiger charge is -2.13. The number of halogens is 3. The van der Waals surface area contributed by atoms with E-state index in [1.807, 2.05) is 0 Å². The van der Waals surface area contributed by atoms with Gasteiger partial charge in [-0.05, 0) is 60.5 Å². The molecule has 13 heteroatoms. The minimum atomic E-state index is -4.31. The van der Waals surface area contributed by atoms with Gasteiger partial charge in [-0.15, -0.1) is 0 Å². The molecule has 0 saturated heterocycles. The number of nitrogens with zero attached hydrogens (tertiary/aromatic N) is 3. The summed E-state index contributed by atoms with van der Waals surface area (Å²) in [4.78, 5) is 25.5. The molecule has 3 aromatic heterocycles. The maximum Gasteiger partial charge on any atom is 0.280 e. The molecule has 0 unspecified atom stereocenters. The predicted molar refractivity (Wildman–Crippen MR) is 138 cm³/mol. The predicted octanol–water partition coefficient (Wildman–Crippen LogP) is 4.48. The minimum Gasteiger partial charge on any atom is -0.480 e. The molecule has 40 heavy (non-hydrogen) atoms. The maximum atomic E-state index is 14.2. The maximum absolute atomic E-state index is 14.2. The number of alkyl halides is 3. The highest BCUT2D eigenvalue weighted by Crippen LogP contribution is 2.32. The fourth-order valence-electron chi connectivity index (χ4n) is 4.34. The largest absolute Gasteiger partial charge is 0.480 e. The quantitative estimate of drug-likeness (QED) is 0.359. The van der Waals surface area contributed by atoms with Crippen LogP contribution in [0.5, 0.6) is 5.88 Å². The number of carbonyl (C=O) groups excluding carboxylic acids is 1. The zero-order valence-corrected chi connectivity index (χ0v) is 22.1. The number of fused-ring (bicyclic) bond motifs is 2. The van der Waals surface area contributed by atoms with Crippen LogP contribution in [-0.2, 0) is 27.7 Å². The third kappa shape index (κ3) is 5.21. The zero-order valence-electron chi connectivity index (χ0n) is 21.3. The summed E-state index contributed by atoms with van der Waals surface area (Å²) in [6.07, 6.45) is -1.17. The Hall–Kier alpha value is -4.10. The first-order valence-electron chi connectivity index (χ1n) is 12.0. The van der Waals surface area contributed by atoms with Gasteiger partial charge in [-0.2, -0.15) is 0 Å². The molecule has 4 aromatic rings. The Morgan fingerprint density at radius 3 is 2.73 bits per heavy atom. The average molecular weight is 573 g/mol. The van der Waals surface area contributed by atoms with Crippen molar-refractivity contribution in [1.29, 1.82) is 0 Å². The van der Waals surface area contributed by atoms with Crippen LogP contribution in [0.4, 0.5) is 13.2 Å². The Labute approximate surface area is 227 Å². The van der Waals surface area contributed by atoms with Gasteiger partial charge >= 0.3 is 0 Å². The van der Waals surface area contributed by atoms with Crippen LogP contribution in [0, 0.1) is 6.92 Å². The van der Waals surface area contributed by atoms with E-state index in [1.165, 1.54) is 25.3 Å². The standard InChI is InChI=1S/C27H23F3N4O5S/c1-14-7-16(8-23-19(14)12-39-13-24(28)40(23,36)37)26(35)32-11-17-9-22-15(10-31-17)3-5-20(33-22)18-4-6-21(25(29)30)34-27(18)38-2/h3-10,24-25H,11-13H2,1-2H3,(H,32,35)/t24-/m1/s1. The van der Waals surface area contributed by atoms with E-state index in [2.05, 4.69) is 20.3 Å². The molecule has 0 aliphatic carbocycles. The fourth-order valence-corrected chi connectivity index (χ4v) is 5.75. The number of rotatable bonds is 6. The highest BCUT2D eigenvalue weighted by molar-refractivity contribution is 7.92. The van der Waals surface area contributed by atoms with E-state index in [0.29, 0.717) is 39.0 Å². The summed E-state index contributed by atoms with van der Waals surface area (Å²) >= 11 is 0. The van der Waals surface area contributed by atoms with Gasteiger partial charge in [0.2, 0.25) is 21.2 Å². The molecule has 0 radical (unpaired) electrons. The number of benzene rings is 1.